The van der Waals surface area contributed by atoms with Crippen molar-refractivity contribution in [2.24, 2.45) is 17.6 Å². The fraction of sp³-hybridized carbons (Fsp3) is 0.545. The van der Waals surface area contributed by atoms with Crippen LogP contribution in [0.3, 0.4) is 0 Å². The maximum atomic E-state index is 13.6. The van der Waals surface area contributed by atoms with Crippen LogP contribution < -0.4 is 16.5 Å². The lowest BCUT2D eigenvalue weighted by molar-refractivity contribution is -0.821. The second-order valence-corrected chi connectivity index (χ2v) is 14.4. The standard InChI is InChI=1S/C33H47N5O7S/c1-21(2)15-23-18-33(36-44,38(7,28(40)19-34)31(43)45-32(3,4)5)14-13-26(23)46-20-24-17-27(39)37(30(24)42)25(29(41)35-6)16-22-11-9-8-10-12-22/h8-13,18,21,24-25,36,44H,14-17,19-20,34H2,1-7H3/p+1/t24-,25?,33?,38?/m0/s1. The molecule has 252 valence electrons. The molecule has 13 heteroatoms. The first-order valence-electron chi connectivity index (χ1n) is 15.4. The van der Waals surface area contributed by atoms with E-state index in [9.17, 15) is 29.2 Å². The number of thioether (sulfide) groups is 1. The van der Waals surface area contributed by atoms with Gasteiger partial charge in [-0.1, -0.05) is 50.3 Å². The minimum Gasteiger partial charge on any atom is -0.414 e. The van der Waals surface area contributed by atoms with Crippen LogP contribution in [-0.2, 0) is 30.3 Å². The number of nitrogens with one attached hydrogen (secondary N) is 2. The maximum absolute atomic E-state index is 13.6. The number of carbonyl (C=O) groups is 5. The van der Waals surface area contributed by atoms with Crippen LogP contribution in [0.25, 0.3) is 0 Å². The first-order chi connectivity index (χ1) is 21.5. The maximum Gasteiger partial charge on any atom is 0.525 e. The van der Waals surface area contributed by atoms with Gasteiger partial charge in [0.05, 0.1) is 13.0 Å². The van der Waals surface area contributed by atoms with Crippen LogP contribution in [0, 0.1) is 11.8 Å². The van der Waals surface area contributed by atoms with Crippen LogP contribution in [0.4, 0.5) is 4.79 Å². The van der Waals surface area contributed by atoms with Gasteiger partial charge in [0.25, 0.3) is 0 Å². The van der Waals surface area contributed by atoms with Crippen molar-refractivity contribution in [2.75, 3.05) is 26.4 Å². The zero-order valence-corrected chi connectivity index (χ0v) is 28.6. The minimum absolute atomic E-state index is 0.0222. The molecule has 46 heavy (non-hydrogen) atoms. The Kier molecular flexibility index (Phi) is 12.1. The topological polar surface area (TPSA) is 168 Å². The van der Waals surface area contributed by atoms with Crippen molar-refractivity contribution in [3.63, 3.8) is 0 Å². The van der Waals surface area contributed by atoms with Crippen LogP contribution in [0.5, 0.6) is 0 Å². The van der Waals surface area contributed by atoms with Gasteiger partial charge in [0.2, 0.25) is 23.4 Å². The largest absolute Gasteiger partial charge is 0.525 e. The molecule has 1 aliphatic carbocycles. The minimum atomic E-state index is -1.61. The molecule has 1 heterocycles. The molecule has 5 N–H and O–H groups in total. The molecule has 3 rings (SSSR count). The van der Waals surface area contributed by atoms with E-state index >= 15 is 0 Å². The zero-order valence-electron chi connectivity index (χ0n) is 27.8. The summed E-state index contributed by atoms with van der Waals surface area (Å²) in [5.41, 5.74) is 7.07. The molecule has 2 aliphatic rings. The number of nitrogens with two attached hydrogens (primary N) is 1. The number of ether oxygens (including phenoxy) is 1. The Balaban J connectivity index is 1.89. The van der Waals surface area contributed by atoms with E-state index in [2.05, 4.69) is 10.8 Å². The first-order valence-corrected chi connectivity index (χ1v) is 16.4. The number of hydrogen-bond acceptors (Lipinski definition) is 10. The van der Waals surface area contributed by atoms with E-state index in [4.69, 9.17) is 10.5 Å². The molecule has 0 bridgehead atoms. The van der Waals surface area contributed by atoms with Crippen LogP contribution in [0.15, 0.2) is 53.0 Å². The van der Waals surface area contributed by atoms with E-state index in [1.807, 2.05) is 50.3 Å². The van der Waals surface area contributed by atoms with Gasteiger partial charge in [-0.05, 0) is 50.3 Å². The van der Waals surface area contributed by atoms with Crippen molar-refractivity contribution >= 4 is 41.5 Å². The summed E-state index contributed by atoms with van der Waals surface area (Å²) >= 11 is 1.39. The van der Waals surface area contributed by atoms with Crippen molar-refractivity contribution in [3.05, 3.63) is 58.5 Å². The Morgan fingerprint density at radius 2 is 1.83 bits per heavy atom. The number of likely N-dealkylation sites (N-methyl/N-ethyl adjacent to an activating group) is 2. The zero-order chi connectivity index (χ0) is 34.4. The Hall–Kier alpha value is -3.36. The lowest BCUT2D eigenvalue weighted by atomic mass is 9.89. The lowest BCUT2D eigenvalue weighted by Gasteiger charge is -2.45. The molecule has 1 aliphatic heterocycles. The fourth-order valence-corrected chi connectivity index (χ4v) is 6.90. The molecule has 1 aromatic carbocycles. The Bertz CT molecular complexity index is 1390. The van der Waals surface area contributed by atoms with E-state index in [0.717, 1.165) is 20.9 Å². The van der Waals surface area contributed by atoms with Crippen molar-refractivity contribution in [1.29, 1.82) is 0 Å². The normalized spacial score (nSPS) is 22.2. The summed E-state index contributed by atoms with van der Waals surface area (Å²) in [6.07, 6.45) is 3.37. The number of likely N-dealkylation sites (tertiary alicyclic amines) is 1. The second kappa shape index (κ2) is 15.0. The van der Waals surface area contributed by atoms with Crippen molar-refractivity contribution in [2.45, 2.75) is 77.6 Å². The summed E-state index contributed by atoms with van der Waals surface area (Å²) in [6.45, 7) is 8.62. The fourth-order valence-electron chi connectivity index (χ4n) is 5.73. The molecule has 0 radical (unpaired) electrons. The quantitative estimate of drug-likeness (QED) is 0.113. The van der Waals surface area contributed by atoms with Gasteiger partial charge < -0.3 is 21.0 Å². The number of allylic oxidation sites excluding steroid dienone is 1. The molecule has 4 atom stereocenters. The summed E-state index contributed by atoms with van der Waals surface area (Å²) in [5, 5.41) is 13.1. The Morgan fingerprint density at radius 1 is 1.17 bits per heavy atom. The average molecular weight is 659 g/mol. The van der Waals surface area contributed by atoms with Gasteiger partial charge in [0.1, 0.15) is 18.2 Å². The molecule has 0 saturated carbocycles. The van der Waals surface area contributed by atoms with Gasteiger partial charge in [-0.25, -0.2) is 4.79 Å². The van der Waals surface area contributed by atoms with E-state index in [-0.39, 0.29) is 30.9 Å². The molecule has 1 fully saturated rings. The summed E-state index contributed by atoms with van der Waals surface area (Å²) in [6, 6.07) is 8.26. The molecule has 0 aromatic heterocycles. The highest BCUT2D eigenvalue weighted by molar-refractivity contribution is 8.03. The molecule has 5 amide bonds. The predicted molar refractivity (Wildman–Crippen MR) is 175 cm³/mol. The van der Waals surface area contributed by atoms with Gasteiger partial charge in [-0.15, -0.1) is 21.7 Å². The number of hydroxylamine groups is 1. The molecule has 0 spiro atoms. The highest BCUT2D eigenvalue weighted by Gasteiger charge is 2.60. The highest BCUT2D eigenvalue weighted by atomic mass is 32.2. The summed E-state index contributed by atoms with van der Waals surface area (Å²) in [5.74, 6) is -2.09. The monoisotopic (exact) mass is 658 g/mol. The average Bonchev–Trinajstić information content (AvgIpc) is 3.29. The van der Waals surface area contributed by atoms with Gasteiger partial charge in [0.15, 0.2) is 0 Å². The molecule has 12 nitrogen and oxygen atoms in total. The lowest BCUT2D eigenvalue weighted by Crippen LogP contribution is -2.74. The predicted octanol–water partition coefficient (Wildman–Crippen LogP) is 3.25. The molecule has 1 aromatic rings. The van der Waals surface area contributed by atoms with E-state index in [1.165, 1.54) is 25.9 Å². The van der Waals surface area contributed by atoms with Crippen LogP contribution in [0.1, 0.15) is 59.4 Å². The number of imide groups is 2. The number of amides is 5. The van der Waals surface area contributed by atoms with Crippen LogP contribution in [0.2, 0.25) is 0 Å². The smallest absolute Gasteiger partial charge is 0.414 e. The number of quaternary nitrogens is 1. The van der Waals surface area contributed by atoms with Crippen LogP contribution >= 0.6 is 11.8 Å². The van der Waals surface area contributed by atoms with Crippen molar-refractivity contribution in [1.82, 2.24) is 15.7 Å². The number of benzene rings is 1. The third kappa shape index (κ3) is 7.95. The number of hydrogen-bond donors (Lipinski definition) is 4. The van der Waals surface area contributed by atoms with Gasteiger partial charge >= 0.3 is 12.0 Å². The third-order valence-electron chi connectivity index (χ3n) is 8.23. The van der Waals surface area contributed by atoms with Crippen molar-refractivity contribution in [3.8, 4) is 0 Å². The number of rotatable bonds is 12. The molecular weight excluding hydrogens is 610 g/mol. The Labute approximate surface area is 275 Å². The van der Waals surface area contributed by atoms with Crippen molar-refractivity contribution < 1.29 is 38.4 Å². The van der Waals surface area contributed by atoms with E-state index in [0.29, 0.717) is 6.42 Å². The van der Waals surface area contributed by atoms with Gasteiger partial charge in [-0.2, -0.15) is 4.79 Å². The van der Waals surface area contributed by atoms with Crippen LogP contribution in [-0.4, -0.2) is 88.0 Å². The molecule has 1 saturated heterocycles. The van der Waals surface area contributed by atoms with E-state index < -0.39 is 64.0 Å². The summed E-state index contributed by atoms with van der Waals surface area (Å²) < 4.78 is 4.65. The first kappa shape index (κ1) is 37.1. The Morgan fingerprint density at radius 3 is 2.37 bits per heavy atom. The SMILES string of the molecule is CNC(=O)C(Cc1ccccc1)N1C(=O)C[C@@H](CSC2=CCC(NO)([N+](C)(C(=O)CN)C(=O)OC(C)(C)C)C=C2CC(C)C)C1=O. The van der Waals surface area contributed by atoms with Gasteiger partial charge in [0, 0.05) is 37.0 Å². The number of carbonyl (C=O) groups excluding carboxylic acids is 5. The summed E-state index contributed by atoms with van der Waals surface area (Å²) in [7, 11) is 2.85. The summed E-state index contributed by atoms with van der Waals surface area (Å²) in [4.78, 5) is 68.4. The highest BCUT2D eigenvalue weighted by Crippen LogP contribution is 2.42. The molecule has 3 unspecified atom stereocenters. The van der Waals surface area contributed by atoms with E-state index in [1.54, 1.807) is 26.8 Å². The van der Waals surface area contributed by atoms with Gasteiger partial charge in [-0.3, -0.25) is 19.3 Å². The molecular formula is C33H48N5O7S+. The third-order valence-corrected chi connectivity index (χ3v) is 9.54. The second-order valence-electron chi connectivity index (χ2n) is 13.3. The number of nitrogens with zero attached hydrogens (tertiary/aromatic N) is 2.